The molecular formula is C65H42N4O2. The Morgan fingerprint density at radius 3 is 2.11 bits per heavy atom. The van der Waals surface area contributed by atoms with E-state index >= 15 is 0 Å². The molecule has 71 heavy (non-hydrogen) atoms. The minimum Gasteiger partial charge on any atom is -0.489 e. The monoisotopic (exact) mass is 910 g/mol. The molecule has 4 heterocycles. The third kappa shape index (κ3) is 6.23. The zero-order valence-corrected chi connectivity index (χ0v) is 38.5. The van der Waals surface area contributed by atoms with Crippen molar-refractivity contribution in [1.82, 2.24) is 9.13 Å². The van der Waals surface area contributed by atoms with E-state index in [-0.39, 0.29) is 0 Å². The van der Waals surface area contributed by atoms with E-state index in [2.05, 4.69) is 167 Å². The molecule has 12 aromatic rings. The van der Waals surface area contributed by atoms with Crippen LogP contribution in [0.3, 0.4) is 0 Å². The van der Waals surface area contributed by atoms with Crippen LogP contribution < -0.4 is 4.74 Å². The third-order valence-electron chi connectivity index (χ3n) is 14.7. The number of aromatic nitrogens is 2. The molecule has 2 aliphatic rings. The molecular weight excluding hydrogens is 869 g/mol. The van der Waals surface area contributed by atoms with Crippen molar-refractivity contribution in [3.63, 3.8) is 0 Å². The number of fused-ring (bicyclic) bond motifs is 14. The van der Waals surface area contributed by atoms with E-state index in [9.17, 15) is 5.26 Å². The molecule has 0 atom stereocenters. The Morgan fingerprint density at radius 1 is 0.577 bits per heavy atom. The normalized spacial score (nSPS) is 14.4. The van der Waals surface area contributed by atoms with Gasteiger partial charge in [-0.25, -0.2) is 0 Å². The van der Waals surface area contributed by atoms with Gasteiger partial charge in [-0.1, -0.05) is 122 Å². The molecule has 1 aliphatic carbocycles. The zero-order chi connectivity index (χ0) is 47.3. The molecule has 0 fully saturated rings. The number of allylic oxidation sites excluding steroid dienone is 5. The van der Waals surface area contributed by atoms with Crippen molar-refractivity contribution < 1.29 is 9.15 Å². The standard InChI is InChI=1S/C65H42N4O2/c1-39-11-3-2-10-30-70-62-34-44(18-24-48(39)62)42-22-26-55-53(32-42)64-49-14-6-4-12-40(49)20-28-57(64)68(55)59-36-60(47(38-67)31-46(59)37-66)69-56-27-23-43(33-54(56)65-50-15-7-5-13-41(50)21-29-58(65)69)45-19-25-52-51-16-8-9-17-61(51)71-63(52)35-45/h2-5,7-13,15-29,31-36,38,67H,1,6,14,30H2/b10-2-,11-3-,67-38?. The number of hydrogen-bond acceptors (Lipinski definition) is 4. The number of furan rings is 1. The van der Waals surface area contributed by atoms with E-state index in [1.165, 1.54) is 22.7 Å². The topological polar surface area (TPSA) is 79.9 Å². The van der Waals surface area contributed by atoms with Gasteiger partial charge in [0.1, 0.15) is 29.6 Å². The summed E-state index contributed by atoms with van der Waals surface area (Å²) in [5.41, 5.74) is 17.1. The Morgan fingerprint density at radius 2 is 1.27 bits per heavy atom. The molecule has 1 N–H and O–H groups in total. The van der Waals surface area contributed by atoms with Crippen LogP contribution in [0.1, 0.15) is 34.2 Å². The molecule has 14 rings (SSSR count). The molecule has 0 unspecified atom stereocenters. The quantitative estimate of drug-likeness (QED) is 0.175. The number of nitrogens with one attached hydrogen (secondary N) is 1. The molecule has 0 amide bonds. The van der Waals surface area contributed by atoms with Crippen LogP contribution in [0.4, 0.5) is 0 Å². The summed E-state index contributed by atoms with van der Waals surface area (Å²) in [5, 5.41) is 29.0. The van der Waals surface area contributed by atoms with E-state index in [1.54, 1.807) is 0 Å². The van der Waals surface area contributed by atoms with Gasteiger partial charge in [0.15, 0.2) is 0 Å². The number of para-hydroxylation sites is 1. The maximum absolute atomic E-state index is 11.1. The fourth-order valence-corrected chi connectivity index (χ4v) is 11.4. The Balaban J connectivity index is 0.998. The summed E-state index contributed by atoms with van der Waals surface area (Å²) in [6.07, 6.45) is 15.7. The lowest BCUT2D eigenvalue weighted by atomic mass is 9.92. The van der Waals surface area contributed by atoms with E-state index < -0.39 is 0 Å². The predicted molar refractivity (Wildman–Crippen MR) is 294 cm³/mol. The summed E-state index contributed by atoms with van der Waals surface area (Å²) in [7, 11) is 0. The maximum atomic E-state index is 11.1. The van der Waals surface area contributed by atoms with Gasteiger partial charge in [0.25, 0.3) is 0 Å². The van der Waals surface area contributed by atoms with Crippen LogP contribution >= 0.6 is 0 Å². The number of nitrogens with zero attached hydrogens (tertiary/aromatic N) is 3. The molecule has 1 aliphatic heterocycles. The fraction of sp³-hybridized carbons (Fsp3) is 0.0462. The first-order valence-corrected chi connectivity index (χ1v) is 24.1. The molecule has 0 radical (unpaired) electrons. The Kier molecular flexibility index (Phi) is 9.04. The van der Waals surface area contributed by atoms with E-state index in [4.69, 9.17) is 14.6 Å². The molecule has 3 aromatic heterocycles. The molecule has 0 saturated heterocycles. The first kappa shape index (κ1) is 40.6. The van der Waals surface area contributed by atoms with Crippen molar-refractivity contribution in [2.75, 3.05) is 6.61 Å². The predicted octanol–water partition coefficient (Wildman–Crippen LogP) is 16.6. The minimum absolute atomic E-state index is 0.466. The third-order valence-corrected chi connectivity index (χ3v) is 14.7. The van der Waals surface area contributed by atoms with Crippen LogP contribution in [-0.4, -0.2) is 22.0 Å². The van der Waals surface area contributed by atoms with Gasteiger partial charge < -0.3 is 23.7 Å². The lowest BCUT2D eigenvalue weighted by Crippen LogP contribution is -2.05. The average Bonchev–Trinajstić information content (AvgIpc) is 4.10. The van der Waals surface area contributed by atoms with Crippen molar-refractivity contribution >= 4 is 94.2 Å². The number of benzene rings is 9. The van der Waals surface area contributed by atoms with E-state index in [1.807, 2.05) is 48.6 Å². The molecule has 0 bridgehead atoms. The van der Waals surface area contributed by atoms with E-state index in [0.717, 1.165) is 134 Å². The molecule has 6 nitrogen and oxygen atoms in total. The minimum atomic E-state index is 0.466. The van der Waals surface area contributed by atoms with Crippen molar-refractivity contribution in [2.45, 2.75) is 12.8 Å². The zero-order valence-electron chi connectivity index (χ0n) is 38.5. The fourth-order valence-electron chi connectivity index (χ4n) is 11.4. The lowest BCUT2D eigenvalue weighted by Gasteiger charge is -2.17. The number of nitriles is 1. The SMILES string of the molecule is C=C1/C=C\C=C/COc2cc(-c3ccc4c(c3)c3c5c(ccc3n4-c3cc(-n4c6ccc(-c7ccc8c(c7)oc7ccccc78)cc6c6c7ccccc7ccc64)c(C=N)cc3C#N)C=CCC5)ccc21. The summed E-state index contributed by atoms with van der Waals surface area (Å²) >= 11 is 0. The summed E-state index contributed by atoms with van der Waals surface area (Å²) in [5.74, 6) is 0.796. The van der Waals surface area contributed by atoms with Crippen molar-refractivity contribution in [3.05, 3.63) is 223 Å². The molecule has 0 spiro atoms. The van der Waals surface area contributed by atoms with Gasteiger partial charge in [-0.2, -0.15) is 5.26 Å². The highest BCUT2D eigenvalue weighted by atomic mass is 16.5. The number of rotatable bonds is 5. The molecule has 9 aromatic carbocycles. The largest absolute Gasteiger partial charge is 0.489 e. The number of hydrogen-bond donors (Lipinski definition) is 1. The molecule has 6 heteroatoms. The first-order valence-electron chi connectivity index (χ1n) is 24.1. The van der Waals surface area contributed by atoms with Crippen LogP contribution in [-0.2, 0) is 6.42 Å². The van der Waals surface area contributed by atoms with Crippen LogP contribution in [0.5, 0.6) is 5.75 Å². The summed E-state index contributed by atoms with van der Waals surface area (Å²) in [6.45, 7) is 4.78. The second-order valence-electron chi connectivity index (χ2n) is 18.6. The van der Waals surface area contributed by atoms with Gasteiger partial charge in [0, 0.05) is 49.7 Å². The van der Waals surface area contributed by atoms with Gasteiger partial charge in [-0.3, -0.25) is 0 Å². The van der Waals surface area contributed by atoms with Gasteiger partial charge >= 0.3 is 0 Å². The van der Waals surface area contributed by atoms with Crippen molar-refractivity contribution in [2.24, 2.45) is 0 Å². The van der Waals surface area contributed by atoms with E-state index in [0.29, 0.717) is 17.7 Å². The second kappa shape index (κ2) is 15.8. The Labute approximate surface area is 408 Å². The molecule has 0 saturated carbocycles. The highest BCUT2D eigenvalue weighted by Gasteiger charge is 2.24. The summed E-state index contributed by atoms with van der Waals surface area (Å²) in [6, 6.07) is 58.4. The van der Waals surface area contributed by atoms with Crippen LogP contribution in [0.2, 0.25) is 0 Å². The summed E-state index contributed by atoms with van der Waals surface area (Å²) in [4.78, 5) is 0. The Hall–Kier alpha value is -9.44. The van der Waals surface area contributed by atoms with Gasteiger partial charge in [0.2, 0.25) is 0 Å². The van der Waals surface area contributed by atoms with Crippen LogP contribution in [0.25, 0.3) is 122 Å². The first-order chi connectivity index (χ1) is 35.0. The maximum Gasteiger partial charge on any atom is 0.136 e. The smallest absolute Gasteiger partial charge is 0.136 e. The Bertz CT molecular complexity index is 4460. The van der Waals surface area contributed by atoms with Crippen LogP contribution in [0.15, 0.2) is 199 Å². The van der Waals surface area contributed by atoms with Crippen LogP contribution in [0, 0.1) is 16.7 Å². The average molecular weight is 911 g/mol. The van der Waals surface area contributed by atoms with Gasteiger partial charge in [-0.15, -0.1) is 0 Å². The van der Waals surface area contributed by atoms with Gasteiger partial charge in [-0.05, 0) is 141 Å². The van der Waals surface area contributed by atoms with Crippen molar-refractivity contribution in [3.8, 4) is 45.4 Å². The highest BCUT2D eigenvalue weighted by molar-refractivity contribution is 6.22. The lowest BCUT2D eigenvalue weighted by molar-refractivity contribution is 0.362. The number of aryl methyl sites for hydroxylation is 1. The summed E-state index contributed by atoms with van der Waals surface area (Å²) < 4.78 is 17.2. The van der Waals surface area contributed by atoms with Crippen molar-refractivity contribution in [1.29, 1.82) is 10.7 Å². The molecule has 334 valence electrons. The number of ether oxygens (including phenoxy) is 1. The highest BCUT2D eigenvalue weighted by Crippen LogP contribution is 2.44. The van der Waals surface area contributed by atoms with Gasteiger partial charge in [0.05, 0.1) is 39.0 Å². The second-order valence-corrected chi connectivity index (χ2v) is 18.6.